The highest BCUT2D eigenvalue weighted by Gasteiger charge is 2.51. The van der Waals surface area contributed by atoms with E-state index in [1.807, 2.05) is 72.8 Å². The normalized spacial score (nSPS) is 14.8. The predicted octanol–water partition coefficient (Wildman–Crippen LogP) is 5.68. The van der Waals surface area contributed by atoms with Gasteiger partial charge in [-0.3, -0.25) is 9.59 Å². The van der Waals surface area contributed by atoms with Gasteiger partial charge in [0.1, 0.15) is 17.8 Å². The molecule has 8 nitrogen and oxygen atoms in total. The largest absolute Gasteiger partial charge is 0.332 e. The average Bonchev–Trinajstić information content (AvgIpc) is 3.94. The molecule has 2 aromatic heterocycles. The summed E-state index contributed by atoms with van der Waals surface area (Å²) in [5, 5.41) is 17.8. The van der Waals surface area contributed by atoms with E-state index in [1.54, 1.807) is 27.7 Å². The fraction of sp³-hybridized carbons (Fsp3) is 0.273. The number of alkyl halides is 1. The Morgan fingerprint density at radius 1 is 0.905 bits per heavy atom. The minimum Gasteiger partial charge on any atom is -0.332 e. The first-order valence-corrected chi connectivity index (χ1v) is 14.7. The molecule has 9 heteroatoms. The van der Waals surface area contributed by atoms with Gasteiger partial charge in [-0.05, 0) is 36.8 Å². The summed E-state index contributed by atoms with van der Waals surface area (Å²) in [5.41, 5.74) is 2.67. The van der Waals surface area contributed by atoms with Crippen LogP contribution in [0.15, 0.2) is 98.4 Å². The smallest absolute Gasteiger partial charge is 0.163 e. The molecule has 0 N–H and O–H groups in total. The fourth-order valence-electron chi connectivity index (χ4n) is 4.86. The van der Waals surface area contributed by atoms with Crippen LogP contribution in [0.25, 0.3) is 0 Å². The number of allylic oxidation sites excluding steroid dienone is 1. The summed E-state index contributed by atoms with van der Waals surface area (Å²) in [6.07, 6.45) is 11.9. The van der Waals surface area contributed by atoms with Crippen LogP contribution in [-0.4, -0.2) is 36.0 Å². The summed E-state index contributed by atoms with van der Waals surface area (Å²) in [6, 6.07) is 23.9. The summed E-state index contributed by atoms with van der Waals surface area (Å²) in [7, 11) is 0. The molecular formula is C33H31BrN6O2. The van der Waals surface area contributed by atoms with Crippen molar-refractivity contribution in [1.82, 2.24) is 19.1 Å². The zero-order valence-corrected chi connectivity index (χ0v) is 24.8. The summed E-state index contributed by atoms with van der Waals surface area (Å²) in [6.45, 7) is 4.48. The first kappa shape index (κ1) is 30.4. The van der Waals surface area contributed by atoms with Crippen molar-refractivity contribution in [1.29, 1.82) is 10.5 Å². The predicted molar refractivity (Wildman–Crippen MR) is 163 cm³/mol. The van der Waals surface area contributed by atoms with Crippen LogP contribution in [0.2, 0.25) is 0 Å². The summed E-state index contributed by atoms with van der Waals surface area (Å²) in [5.74, 6) is 0.479. The van der Waals surface area contributed by atoms with Crippen molar-refractivity contribution in [3.63, 3.8) is 0 Å². The van der Waals surface area contributed by atoms with Crippen molar-refractivity contribution in [3.05, 3.63) is 121 Å². The third kappa shape index (κ3) is 6.99. The Balaban J connectivity index is 0.000000154. The fourth-order valence-corrected chi connectivity index (χ4v) is 5.40. The molecule has 0 spiro atoms. The van der Waals surface area contributed by atoms with Gasteiger partial charge in [-0.15, -0.1) is 6.58 Å². The van der Waals surface area contributed by atoms with Gasteiger partial charge in [0, 0.05) is 12.7 Å². The van der Waals surface area contributed by atoms with E-state index >= 15 is 0 Å². The van der Waals surface area contributed by atoms with Crippen molar-refractivity contribution in [2.24, 2.45) is 0 Å². The lowest BCUT2D eigenvalue weighted by Gasteiger charge is -2.15. The Labute approximate surface area is 254 Å². The molecule has 4 aromatic rings. The minimum absolute atomic E-state index is 0.134. The zero-order chi connectivity index (χ0) is 30.0. The van der Waals surface area contributed by atoms with E-state index in [0.717, 1.165) is 31.2 Å². The number of nitriles is 2. The van der Waals surface area contributed by atoms with Crippen LogP contribution in [0.5, 0.6) is 0 Å². The van der Waals surface area contributed by atoms with Gasteiger partial charge in [0.25, 0.3) is 0 Å². The van der Waals surface area contributed by atoms with E-state index in [0.29, 0.717) is 29.0 Å². The van der Waals surface area contributed by atoms with E-state index in [9.17, 15) is 9.59 Å². The number of benzene rings is 2. The number of rotatable bonds is 9. The van der Waals surface area contributed by atoms with Gasteiger partial charge in [0.05, 0.1) is 41.6 Å². The third-order valence-electron chi connectivity index (χ3n) is 7.57. The molecule has 2 fully saturated rings. The van der Waals surface area contributed by atoms with E-state index in [1.165, 1.54) is 18.1 Å². The molecule has 42 heavy (non-hydrogen) atoms. The molecule has 2 aliphatic carbocycles. The van der Waals surface area contributed by atoms with Crippen LogP contribution in [0.3, 0.4) is 0 Å². The van der Waals surface area contributed by atoms with E-state index in [-0.39, 0.29) is 23.2 Å². The van der Waals surface area contributed by atoms with E-state index in [2.05, 4.69) is 32.5 Å². The number of nitrogens with zero attached hydrogens (tertiary/aromatic N) is 6. The molecule has 212 valence electrons. The molecule has 0 saturated heterocycles. The van der Waals surface area contributed by atoms with Crippen LogP contribution in [0.4, 0.5) is 0 Å². The Morgan fingerprint density at radius 2 is 1.48 bits per heavy atom. The number of imidazole rings is 2. The van der Waals surface area contributed by atoms with Gasteiger partial charge in [-0.1, -0.05) is 82.7 Å². The van der Waals surface area contributed by atoms with Crippen LogP contribution in [0.1, 0.15) is 48.2 Å². The van der Waals surface area contributed by atoms with Crippen molar-refractivity contribution < 1.29 is 9.59 Å². The van der Waals surface area contributed by atoms with Gasteiger partial charge >= 0.3 is 0 Å². The first-order valence-electron chi connectivity index (χ1n) is 13.6. The standard InChI is InChI=1S/C15H13N3O.C11H11BrO.C7H7N3/c16-8-13-9-17-11-18(13)10-14(19)15(6-7-15)12-4-2-1-3-5-12;12-8-10(13)11(6-7-11)9-4-2-1-3-5-9;1-2-3-10-5-7(4-8)9-6-10/h1-5,9,11H,6-7,10H2;1-5H,6-8H2;2,5-6H,1,3H2. The lowest BCUT2D eigenvalue weighted by atomic mass is 9.91. The highest BCUT2D eigenvalue weighted by atomic mass is 79.9. The molecular weight excluding hydrogens is 592 g/mol. The molecule has 0 aliphatic heterocycles. The number of halogens is 1. The van der Waals surface area contributed by atoms with Gasteiger partial charge in [-0.25, -0.2) is 9.97 Å². The number of ketones is 2. The first-order chi connectivity index (χ1) is 20.4. The minimum atomic E-state index is -0.335. The Hall–Kier alpha value is -4.60. The third-order valence-corrected chi connectivity index (χ3v) is 8.08. The van der Waals surface area contributed by atoms with Gasteiger partial charge in [0.2, 0.25) is 0 Å². The Bertz CT molecular complexity index is 1600. The lowest BCUT2D eigenvalue weighted by molar-refractivity contribution is -0.122. The van der Waals surface area contributed by atoms with Crippen molar-refractivity contribution >= 4 is 27.5 Å². The SMILES string of the molecule is C=CCn1cnc(C#N)c1.N#Cc1cncn1CC(=O)C1(c2ccccc2)CC1.O=C(CBr)C1(c2ccccc2)CC1. The number of carbonyl (C=O) groups is 2. The summed E-state index contributed by atoms with van der Waals surface area (Å²) in [4.78, 5) is 31.9. The van der Waals surface area contributed by atoms with Gasteiger partial charge in [0.15, 0.2) is 17.3 Å². The van der Waals surface area contributed by atoms with E-state index < -0.39 is 0 Å². The number of hydrogen-bond donors (Lipinski definition) is 0. The molecule has 0 radical (unpaired) electrons. The molecule has 6 rings (SSSR count). The second kappa shape index (κ2) is 13.8. The van der Waals surface area contributed by atoms with Crippen molar-refractivity contribution in [2.75, 3.05) is 5.33 Å². The molecule has 0 atom stereocenters. The van der Waals surface area contributed by atoms with Crippen molar-refractivity contribution in [3.8, 4) is 12.1 Å². The lowest BCUT2D eigenvalue weighted by Crippen LogP contribution is -2.25. The highest BCUT2D eigenvalue weighted by molar-refractivity contribution is 9.09. The van der Waals surface area contributed by atoms with Crippen molar-refractivity contribution in [2.45, 2.75) is 49.6 Å². The maximum Gasteiger partial charge on any atom is 0.163 e. The monoisotopic (exact) mass is 622 g/mol. The van der Waals surface area contributed by atoms with Crippen LogP contribution in [0, 0.1) is 22.7 Å². The number of carbonyl (C=O) groups excluding carboxylic acids is 2. The number of aromatic nitrogens is 4. The highest BCUT2D eigenvalue weighted by Crippen LogP contribution is 2.50. The molecule has 0 bridgehead atoms. The second-order valence-electron chi connectivity index (χ2n) is 10.3. The van der Waals surface area contributed by atoms with Gasteiger partial charge in [-0.2, -0.15) is 10.5 Å². The number of hydrogen-bond acceptors (Lipinski definition) is 6. The van der Waals surface area contributed by atoms with Crippen LogP contribution in [-0.2, 0) is 33.5 Å². The van der Waals surface area contributed by atoms with E-state index in [4.69, 9.17) is 10.5 Å². The van der Waals surface area contributed by atoms with Crippen LogP contribution < -0.4 is 0 Å². The zero-order valence-electron chi connectivity index (χ0n) is 23.2. The molecule has 2 aliphatic rings. The number of Topliss-reactive ketones (excluding diaryl/α,β-unsaturated/α-hetero) is 2. The molecule has 2 aromatic carbocycles. The summed E-state index contributed by atoms with van der Waals surface area (Å²) >= 11 is 3.24. The summed E-state index contributed by atoms with van der Waals surface area (Å²) < 4.78 is 3.41. The molecule has 2 heterocycles. The van der Waals surface area contributed by atoms with Gasteiger partial charge < -0.3 is 9.13 Å². The average molecular weight is 624 g/mol. The maximum absolute atomic E-state index is 12.5. The molecule has 2 saturated carbocycles. The topological polar surface area (TPSA) is 117 Å². The second-order valence-corrected chi connectivity index (χ2v) is 10.8. The van der Waals surface area contributed by atoms with Crippen LogP contribution >= 0.6 is 15.9 Å². The quantitative estimate of drug-likeness (QED) is 0.175. The Kier molecular flexibility index (Phi) is 10.0. The Morgan fingerprint density at radius 3 is 1.93 bits per heavy atom. The molecule has 0 unspecified atom stereocenters. The molecule has 0 amide bonds. The maximum atomic E-state index is 12.5.